The van der Waals surface area contributed by atoms with Gasteiger partial charge in [0.15, 0.2) is 11.5 Å². The molecule has 0 bridgehead atoms. The number of aromatic nitrogens is 4. The van der Waals surface area contributed by atoms with E-state index in [1.165, 1.54) is 16.5 Å². The summed E-state index contributed by atoms with van der Waals surface area (Å²) < 4.78 is 4.03. The van der Waals surface area contributed by atoms with Crippen LogP contribution in [-0.2, 0) is 7.05 Å². The van der Waals surface area contributed by atoms with Gasteiger partial charge in [0, 0.05) is 35.4 Å². The average molecular weight is 276 g/mol. The van der Waals surface area contributed by atoms with Crippen LogP contribution in [-0.4, -0.2) is 19.2 Å². The molecule has 0 aliphatic carbocycles. The number of rotatable bonds is 1. The molecule has 0 N–H and O–H groups in total. The first-order valence-corrected chi connectivity index (χ1v) is 7.02. The van der Waals surface area contributed by atoms with Gasteiger partial charge in [0.2, 0.25) is 0 Å². The fourth-order valence-corrected chi connectivity index (χ4v) is 2.89. The summed E-state index contributed by atoms with van der Waals surface area (Å²) >= 11 is 0. The quantitative estimate of drug-likeness (QED) is 0.533. The predicted molar refractivity (Wildman–Crippen MR) is 84.4 cm³/mol. The maximum atomic E-state index is 4.63. The summed E-state index contributed by atoms with van der Waals surface area (Å²) in [5.74, 6) is 0.773. The molecule has 3 heterocycles. The first kappa shape index (κ1) is 12.1. The van der Waals surface area contributed by atoms with E-state index < -0.39 is 0 Å². The molecule has 21 heavy (non-hydrogen) atoms. The lowest BCUT2D eigenvalue weighted by Crippen LogP contribution is -1.91. The summed E-state index contributed by atoms with van der Waals surface area (Å²) in [6.07, 6.45) is 2.15. The largest absolute Gasteiger partial charge is 0.350 e. The lowest BCUT2D eigenvalue weighted by atomic mass is 10.1. The number of pyridine rings is 1. The van der Waals surface area contributed by atoms with E-state index >= 15 is 0 Å². The molecule has 0 amide bonds. The number of hydrogen-bond acceptors (Lipinski definition) is 2. The van der Waals surface area contributed by atoms with Crippen LogP contribution in [0.4, 0.5) is 0 Å². The highest BCUT2D eigenvalue weighted by molar-refractivity contribution is 5.87. The normalized spacial score (nSPS) is 11.6. The van der Waals surface area contributed by atoms with Crippen LogP contribution in [0.2, 0.25) is 0 Å². The summed E-state index contributed by atoms with van der Waals surface area (Å²) in [6, 6.07) is 12.4. The maximum Gasteiger partial charge on any atom is 0.182 e. The minimum absolute atomic E-state index is 0.773. The zero-order chi connectivity index (χ0) is 14.6. The summed E-state index contributed by atoms with van der Waals surface area (Å²) in [7, 11) is 2.07. The molecule has 0 aliphatic rings. The van der Waals surface area contributed by atoms with E-state index in [4.69, 9.17) is 0 Å². The van der Waals surface area contributed by atoms with E-state index in [0.29, 0.717) is 0 Å². The Kier molecular flexibility index (Phi) is 2.42. The number of benzene rings is 1. The van der Waals surface area contributed by atoms with Gasteiger partial charge in [-0.05, 0) is 49.7 Å². The third-order valence-corrected chi connectivity index (χ3v) is 4.00. The summed E-state index contributed by atoms with van der Waals surface area (Å²) in [5, 5.41) is 5.88. The van der Waals surface area contributed by atoms with Gasteiger partial charge in [0.05, 0.1) is 0 Å². The molecule has 0 aliphatic heterocycles. The second kappa shape index (κ2) is 4.19. The second-order valence-corrected chi connectivity index (χ2v) is 5.53. The van der Waals surface area contributed by atoms with Gasteiger partial charge in [0.1, 0.15) is 0 Å². The smallest absolute Gasteiger partial charge is 0.182 e. The highest BCUT2D eigenvalue weighted by Gasteiger charge is 2.10. The standard InChI is InChI=1S/C17H16N4/c1-11-10-20(3)15-8-7-13(9-14(11)15)17-18-16-6-4-5-12(2)21(16)19-17/h4-10H,1-3H3. The fraction of sp³-hybridized carbons (Fsp3) is 0.176. The van der Waals surface area contributed by atoms with Gasteiger partial charge in [-0.25, -0.2) is 9.50 Å². The molecule has 4 heteroatoms. The zero-order valence-corrected chi connectivity index (χ0v) is 12.3. The van der Waals surface area contributed by atoms with Crippen LogP contribution in [0, 0.1) is 13.8 Å². The molecule has 104 valence electrons. The van der Waals surface area contributed by atoms with E-state index in [1.807, 2.05) is 29.6 Å². The van der Waals surface area contributed by atoms with Crippen LogP contribution >= 0.6 is 0 Å². The monoisotopic (exact) mass is 276 g/mol. The first-order chi connectivity index (χ1) is 10.1. The maximum absolute atomic E-state index is 4.63. The van der Waals surface area contributed by atoms with Crippen molar-refractivity contribution in [2.75, 3.05) is 0 Å². The molecule has 0 saturated heterocycles. The Morgan fingerprint density at radius 3 is 2.71 bits per heavy atom. The minimum Gasteiger partial charge on any atom is -0.350 e. The van der Waals surface area contributed by atoms with Crippen molar-refractivity contribution in [2.24, 2.45) is 7.05 Å². The van der Waals surface area contributed by atoms with Crippen molar-refractivity contribution in [1.82, 2.24) is 19.2 Å². The Bertz CT molecular complexity index is 975. The third kappa shape index (κ3) is 1.76. The third-order valence-electron chi connectivity index (χ3n) is 4.00. The Balaban J connectivity index is 1.95. The van der Waals surface area contributed by atoms with Gasteiger partial charge in [0.25, 0.3) is 0 Å². The van der Waals surface area contributed by atoms with Gasteiger partial charge in [-0.3, -0.25) is 0 Å². The molecule has 1 aromatic carbocycles. The molecule has 4 nitrogen and oxygen atoms in total. The Labute approximate surface area is 122 Å². The van der Waals surface area contributed by atoms with Crippen molar-refractivity contribution in [2.45, 2.75) is 13.8 Å². The lowest BCUT2D eigenvalue weighted by Gasteiger charge is -1.99. The van der Waals surface area contributed by atoms with Crippen molar-refractivity contribution in [1.29, 1.82) is 0 Å². The highest BCUT2D eigenvalue weighted by Crippen LogP contribution is 2.26. The van der Waals surface area contributed by atoms with Crippen molar-refractivity contribution in [3.8, 4) is 11.4 Å². The summed E-state index contributed by atoms with van der Waals surface area (Å²) in [4.78, 5) is 4.63. The predicted octanol–water partition coefficient (Wildman–Crippen LogP) is 3.50. The van der Waals surface area contributed by atoms with E-state index in [-0.39, 0.29) is 0 Å². The molecular formula is C17H16N4. The van der Waals surface area contributed by atoms with E-state index in [1.54, 1.807) is 0 Å². The zero-order valence-electron chi connectivity index (χ0n) is 12.3. The average Bonchev–Trinajstić information content (AvgIpc) is 3.02. The van der Waals surface area contributed by atoms with Crippen molar-refractivity contribution >= 4 is 16.6 Å². The Morgan fingerprint density at radius 2 is 1.90 bits per heavy atom. The number of nitrogens with zero attached hydrogens (tertiary/aromatic N) is 4. The molecule has 3 aromatic heterocycles. The van der Waals surface area contributed by atoms with E-state index in [9.17, 15) is 0 Å². The number of aryl methyl sites for hydroxylation is 3. The van der Waals surface area contributed by atoms with Gasteiger partial charge in [-0.15, -0.1) is 5.10 Å². The highest BCUT2D eigenvalue weighted by atomic mass is 15.3. The molecule has 0 radical (unpaired) electrons. The molecule has 4 rings (SSSR count). The number of fused-ring (bicyclic) bond motifs is 2. The molecular weight excluding hydrogens is 260 g/mol. The van der Waals surface area contributed by atoms with Crippen molar-refractivity contribution in [3.05, 3.63) is 53.9 Å². The van der Waals surface area contributed by atoms with Crippen LogP contribution in [0.1, 0.15) is 11.3 Å². The summed E-state index contributed by atoms with van der Waals surface area (Å²) in [6.45, 7) is 4.17. The van der Waals surface area contributed by atoms with Gasteiger partial charge in [-0.2, -0.15) is 0 Å². The van der Waals surface area contributed by atoms with Gasteiger partial charge in [-0.1, -0.05) is 6.07 Å². The fourth-order valence-electron chi connectivity index (χ4n) is 2.89. The Morgan fingerprint density at radius 1 is 1.05 bits per heavy atom. The molecule has 0 spiro atoms. The van der Waals surface area contributed by atoms with Crippen LogP contribution in [0.5, 0.6) is 0 Å². The second-order valence-electron chi connectivity index (χ2n) is 5.53. The van der Waals surface area contributed by atoms with Crippen LogP contribution < -0.4 is 0 Å². The summed E-state index contributed by atoms with van der Waals surface area (Å²) in [5.41, 5.74) is 5.53. The molecule has 0 atom stereocenters. The first-order valence-electron chi connectivity index (χ1n) is 7.02. The minimum atomic E-state index is 0.773. The Hall–Kier alpha value is -2.62. The van der Waals surface area contributed by atoms with Crippen LogP contribution in [0.25, 0.3) is 27.9 Å². The number of hydrogen-bond donors (Lipinski definition) is 0. The topological polar surface area (TPSA) is 35.1 Å². The van der Waals surface area contributed by atoms with Crippen LogP contribution in [0.3, 0.4) is 0 Å². The molecule has 0 fully saturated rings. The lowest BCUT2D eigenvalue weighted by molar-refractivity contribution is 0.918. The van der Waals surface area contributed by atoms with Crippen LogP contribution in [0.15, 0.2) is 42.6 Å². The SMILES string of the molecule is Cc1cn(C)c2ccc(-c3nc4cccc(C)n4n3)cc12. The van der Waals surface area contributed by atoms with Gasteiger partial charge >= 0.3 is 0 Å². The van der Waals surface area contributed by atoms with E-state index in [2.05, 4.69) is 53.0 Å². The van der Waals surface area contributed by atoms with Gasteiger partial charge < -0.3 is 4.57 Å². The molecule has 0 saturated carbocycles. The van der Waals surface area contributed by atoms with E-state index in [0.717, 1.165) is 22.7 Å². The molecule has 4 aromatic rings. The van der Waals surface area contributed by atoms with Crippen molar-refractivity contribution in [3.63, 3.8) is 0 Å². The van der Waals surface area contributed by atoms with Crippen molar-refractivity contribution < 1.29 is 0 Å². The molecule has 0 unspecified atom stereocenters.